The Labute approximate surface area is 167 Å². The Morgan fingerprint density at radius 1 is 1.04 bits per heavy atom. The molecule has 0 aliphatic carbocycles. The molecule has 1 aliphatic heterocycles. The van der Waals surface area contributed by atoms with Crippen molar-refractivity contribution in [3.63, 3.8) is 0 Å². The van der Waals surface area contributed by atoms with Gasteiger partial charge >= 0.3 is 0 Å². The second-order valence-corrected chi connectivity index (χ2v) is 8.14. The molecule has 1 rings (SSSR count). The number of nitrogens with zero attached hydrogens (tertiary/aromatic N) is 3. The van der Waals surface area contributed by atoms with E-state index in [0.29, 0.717) is 11.8 Å². The third kappa shape index (κ3) is 11.6. The lowest BCUT2D eigenvalue weighted by Gasteiger charge is -2.34. The molecule has 0 aromatic rings. The zero-order chi connectivity index (χ0) is 19.9. The summed E-state index contributed by atoms with van der Waals surface area (Å²) in [5.41, 5.74) is 0. The zero-order valence-electron chi connectivity index (χ0n) is 18.3. The van der Waals surface area contributed by atoms with Crippen molar-refractivity contribution in [1.82, 2.24) is 20.4 Å². The molecule has 0 amide bonds. The van der Waals surface area contributed by atoms with E-state index in [2.05, 4.69) is 48.1 Å². The molecule has 0 spiro atoms. The number of hydrogen-bond acceptors (Lipinski definition) is 4. The van der Waals surface area contributed by atoms with E-state index in [-0.39, 0.29) is 6.61 Å². The van der Waals surface area contributed by atoms with E-state index in [4.69, 9.17) is 4.99 Å². The van der Waals surface area contributed by atoms with Gasteiger partial charge in [0.05, 0.1) is 0 Å². The topological polar surface area (TPSA) is 63.1 Å². The highest BCUT2D eigenvalue weighted by atomic mass is 16.3. The summed E-state index contributed by atoms with van der Waals surface area (Å²) in [7, 11) is 0. The Morgan fingerprint density at radius 3 is 2.33 bits per heavy atom. The second-order valence-electron chi connectivity index (χ2n) is 8.14. The molecule has 1 unspecified atom stereocenters. The monoisotopic (exact) mass is 383 g/mol. The van der Waals surface area contributed by atoms with Crippen molar-refractivity contribution in [3.8, 4) is 0 Å². The maximum absolute atomic E-state index is 9.27. The molecule has 1 fully saturated rings. The van der Waals surface area contributed by atoms with Crippen LogP contribution in [0, 0.1) is 11.8 Å². The Bertz CT molecular complexity index is 381. The van der Waals surface area contributed by atoms with Crippen LogP contribution in [0.2, 0.25) is 0 Å². The summed E-state index contributed by atoms with van der Waals surface area (Å²) in [6, 6.07) is 0. The number of aliphatic hydroxyl groups is 1. The lowest BCUT2D eigenvalue weighted by Crippen LogP contribution is -2.46. The average Bonchev–Trinajstić information content (AvgIpc) is 2.65. The highest BCUT2D eigenvalue weighted by Gasteiger charge is 2.14. The predicted molar refractivity (Wildman–Crippen MR) is 116 cm³/mol. The molecule has 3 N–H and O–H groups in total. The molecule has 0 bridgehead atoms. The van der Waals surface area contributed by atoms with E-state index < -0.39 is 0 Å². The van der Waals surface area contributed by atoms with Crippen LogP contribution in [0.3, 0.4) is 0 Å². The quantitative estimate of drug-likeness (QED) is 0.258. The highest BCUT2D eigenvalue weighted by molar-refractivity contribution is 5.79. The minimum atomic E-state index is 0.253. The van der Waals surface area contributed by atoms with Crippen LogP contribution in [-0.2, 0) is 0 Å². The van der Waals surface area contributed by atoms with Crippen LogP contribution >= 0.6 is 0 Å². The summed E-state index contributed by atoms with van der Waals surface area (Å²) < 4.78 is 0. The molecule has 1 atom stereocenters. The van der Waals surface area contributed by atoms with Gasteiger partial charge in [-0.3, -0.25) is 4.99 Å². The Morgan fingerprint density at radius 2 is 1.74 bits per heavy atom. The summed E-state index contributed by atoms with van der Waals surface area (Å²) in [4.78, 5) is 9.88. The van der Waals surface area contributed by atoms with Crippen LogP contribution in [0.25, 0.3) is 0 Å². The molecule has 1 heterocycles. The number of unbranched alkanes of at least 4 members (excludes halogenated alkanes) is 1. The molecule has 6 heteroatoms. The van der Waals surface area contributed by atoms with Crippen molar-refractivity contribution in [2.45, 2.75) is 53.4 Å². The SMILES string of the molecule is CCNC(=NCC(CCO)CC(C)C)NCCCCN1CCN(CC)CC1. The number of aliphatic hydroxyl groups excluding tert-OH is 1. The van der Waals surface area contributed by atoms with Crippen molar-refractivity contribution in [2.24, 2.45) is 16.8 Å². The van der Waals surface area contributed by atoms with Crippen molar-refractivity contribution in [2.75, 3.05) is 65.5 Å². The summed E-state index contributed by atoms with van der Waals surface area (Å²) in [5, 5.41) is 16.1. The summed E-state index contributed by atoms with van der Waals surface area (Å²) in [6.07, 6.45) is 4.37. The first-order valence-corrected chi connectivity index (χ1v) is 11.2. The van der Waals surface area contributed by atoms with E-state index in [1.54, 1.807) is 0 Å². The van der Waals surface area contributed by atoms with Gasteiger partial charge in [0, 0.05) is 52.4 Å². The van der Waals surface area contributed by atoms with Gasteiger partial charge in [-0.2, -0.15) is 0 Å². The van der Waals surface area contributed by atoms with Gasteiger partial charge in [-0.25, -0.2) is 0 Å². The molecule has 160 valence electrons. The number of hydrogen-bond donors (Lipinski definition) is 3. The first-order valence-electron chi connectivity index (χ1n) is 11.2. The molecule has 1 saturated heterocycles. The minimum absolute atomic E-state index is 0.253. The van der Waals surface area contributed by atoms with Gasteiger partial charge in [-0.15, -0.1) is 0 Å². The maximum atomic E-state index is 9.27. The molecule has 1 aliphatic rings. The van der Waals surface area contributed by atoms with Gasteiger partial charge in [-0.05, 0) is 57.5 Å². The van der Waals surface area contributed by atoms with E-state index in [0.717, 1.165) is 38.4 Å². The van der Waals surface area contributed by atoms with Gasteiger partial charge in [0.25, 0.3) is 0 Å². The second kappa shape index (κ2) is 15.1. The normalized spacial score (nSPS) is 18.1. The highest BCUT2D eigenvalue weighted by Crippen LogP contribution is 2.15. The Hall–Kier alpha value is -0.850. The molecule has 0 saturated carbocycles. The van der Waals surface area contributed by atoms with E-state index in [9.17, 15) is 5.11 Å². The molecular weight excluding hydrogens is 338 g/mol. The average molecular weight is 384 g/mol. The summed E-state index contributed by atoms with van der Waals surface area (Å²) >= 11 is 0. The fraction of sp³-hybridized carbons (Fsp3) is 0.952. The van der Waals surface area contributed by atoms with Crippen LogP contribution in [-0.4, -0.2) is 86.4 Å². The molecule has 6 nitrogen and oxygen atoms in total. The Kier molecular flexibility index (Phi) is 13.5. The third-order valence-corrected chi connectivity index (χ3v) is 5.30. The summed E-state index contributed by atoms with van der Waals surface area (Å²) in [5.74, 6) is 2.03. The minimum Gasteiger partial charge on any atom is -0.396 e. The fourth-order valence-electron chi connectivity index (χ4n) is 3.69. The van der Waals surface area contributed by atoms with Crippen LogP contribution < -0.4 is 10.6 Å². The largest absolute Gasteiger partial charge is 0.396 e. The fourth-order valence-corrected chi connectivity index (χ4v) is 3.69. The molecule has 27 heavy (non-hydrogen) atoms. The molecule has 0 radical (unpaired) electrons. The van der Waals surface area contributed by atoms with Crippen molar-refractivity contribution in [1.29, 1.82) is 0 Å². The number of piperazine rings is 1. The lowest BCUT2D eigenvalue weighted by atomic mass is 9.94. The van der Waals surface area contributed by atoms with Crippen molar-refractivity contribution < 1.29 is 5.11 Å². The van der Waals surface area contributed by atoms with E-state index in [1.807, 2.05) is 0 Å². The third-order valence-electron chi connectivity index (χ3n) is 5.30. The first kappa shape index (κ1) is 24.2. The molecule has 0 aromatic heterocycles. The number of aliphatic imine (C=N–C) groups is 1. The van der Waals surface area contributed by atoms with Gasteiger partial charge in [0.15, 0.2) is 5.96 Å². The Balaban J connectivity index is 2.25. The first-order chi connectivity index (χ1) is 13.1. The van der Waals surface area contributed by atoms with Gasteiger partial charge < -0.3 is 25.5 Å². The van der Waals surface area contributed by atoms with Crippen LogP contribution in [0.1, 0.15) is 53.4 Å². The standard InChI is InChI=1S/C21H45N5O/c1-5-22-21(24-18-20(9-16-27)17-19(3)4)23-10-7-8-11-26-14-12-25(6-2)13-15-26/h19-20,27H,5-18H2,1-4H3,(H2,22,23,24). The van der Waals surface area contributed by atoms with E-state index >= 15 is 0 Å². The van der Waals surface area contributed by atoms with Crippen LogP contribution in [0.5, 0.6) is 0 Å². The van der Waals surface area contributed by atoms with Gasteiger partial charge in [-0.1, -0.05) is 20.8 Å². The molecular formula is C21H45N5O. The van der Waals surface area contributed by atoms with Gasteiger partial charge in [0.1, 0.15) is 0 Å². The number of likely N-dealkylation sites (N-methyl/N-ethyl adjacent to an activating group) is 1. The summed E-state index contributed by atoms with van der Waals surface area (Å²) in [6.45, 7) is 19.0. The predicted octanol–water partition coefficient (Wildman–Crippen LogP) is 2.00. The maximum Gasteiger partial charge on any atom is 0.191 e. The number of rotatable bonds is 13. The zero-order valence-corrected chi connectivity index (χ0v) is 18.3. The van der Waals surface area contributed by atoms with Gasteiger partial charge in [0.2, 0.25) is 0 Å². The number of nitrogens with one attached hydrogen (secondary N) is 2. The number of guanidine groups is 1. The lowest BCUT2D eigenvalue weighted by molar-refractivity contribution is 0.136. The van der Waals surface area contributed by atoms with E-state index in [1.165, 1.54) is 52.1 Å². The van der Waals surface area contributed by atoms with Crippen LogP contribution in [0.15, 0.2) is 4.99 Å². The smallest absolute Gasteiger partial charge is 0.191 e. The van der Waals surface area contributed by atoms with Crippen molar-refractivity contribution >= 4 is 5.96 Å². The van der Waals surface area contributed by atoms with Crippen LogP contribution in [0.4, 0.5) is 0 Å². The molecule has 0 aromatic carbocycles. The van der Waals surface area contributed by atoms with Crippen molar-refractivity contribution in [3.05, 3.63) is 0 Å².